The number of benzene rings is 1. The highest BCUT2D eigenvalue weighted by Crippen LogP contribution is 2.31. The van der Waals surface area contributed by atoms with E-state index in [1.165, 1.54) is 0 Å². The van der Waals surface area contributed by atoms with Crippen LogP contribution < -0.4 is 4.72 Å². The van der Waals surface area contributed by atoms with E-state index in [-0.39, 0.29) is 5.38 Å². The smallest absolute Gasteiger partial charge is 0.211 e. The van der Waals surface area contributed by atoms with Gasteiger partial charge >= 0.3 is 0 Å². The van der Waals surface area contributed by atoms with Gasteiger partial charge in [-0.15, -0.1) is 11.6 Å². The standard InChI is InChI=1S/C11H14ClNO2S/c12-10-6-9(7-10)8-13-16(14,15)11-4-2-1-3-5-11/h1-5,9-10,13H,6-8H2. The predicted octanol–water partition coefficient (Wildman–Crippen LogP) is 1.98. The highest BCUT2D eigenvalue weighted by atomic mass is 35.5. The quantitative estimate of drug-likeness (QED) is 0.841. The Balaban J connectivity index is 1.94. The molecule has 0 spiro atoms. The maximum atomic E-state index is 11.8. The maximum Gasteiger partial charge on any atom is 0.240 e. The summed E-state index contributed by atoms with van der Waals surface area (Å²) < 4.78 is 26.2. The van der Waals surface area contributed by atoms with Crippen LogP contribution in [0.1, 0.15) is 12.8 Å². The van der Waals surface area contributed by atoms with Crippen LogP contribution in [-0.4, -0.2) is 20.3 Å². The third kappa shape index (κ3) is 2.75. The topological polar surface area (TPSA) is 46.2 Å². The predicted molar refractivity (Wildman–Crippen MR) is 64.0 cm³/mol. The summed E-state index contributed by atoms with van der Waals surface area (Å²) in [5, 5.41) is 0.228. The summed E-state index contributed by atoms with van der Waals surface area (Å²) in [5.74, 6) is 0.390. The lowest BCUT2D eigenvalue weighted by Gasteiger charge is -2.30. The Morgan fingerprint density at radius 1 is 1.25 bits per heavy atom. The second-order valence-corrected chi connectivity index (χ2v) is 6.48. The summed E-state index contributed by atoms with van der Waals surface area (Å²) >= 11 is 5.83. The van der Waals surface area contributed by atoms with Crippen LogP contribution in [0.4, 0.5) is 0 Å². The van der Waals surface area contributed by atoms with Crippen LogP contribution >= 0.6 is 11.6 Å². The van der Waals surface area contributed by atoms with Crippen molar-refractivity contribution >= 4 is 21.6 Å². The van der Waals surface area contributed by atoms with E-state index in [4.69, 9.17) is 11.6 Å². The van der Waals surface area contributed by atoms with Crippen molar-refractivity contribution in [3.05, 3.63) is 30.3 Å². The van der Waals surface area contributed by atoms with Crippen molar-refractivity contribution in [1.82, 2.24) is 4.72 Å². The molecule has 1 aliphatic rings. The van der Waals surface area contributed by atoms with E-state index in [1.54, 1.807) is 30.3 Å². The van der Waals surface area contributed by atoms with Gasteiger partial charge in [-0.3, -0.25) is 0 Å². The number of rotatable bonds is 4. The lowest BCUT2D eigenvalue weighted by molar-refractivity contribution is 0.324. The van der Waals surface area contributed by atoms with Crippen LogP contribution in [0.2, 0.25) is 0 Å². The van der Waals surface area contributed by atoms with Crippen molar-refractivity contribution in [2.45, 2.75) is 23.1 Å². The van der Waals surface area contributed by atoms with Gasteiger partial charge < -0.3 is 0 Å². The zero-order chi connectivity index (χ0) is 11.6. The van der Waals surface area contributed by atoms with Crippen LogP contribution in [0.5, 0.6) is 0 Å². The molecule has 0 amide bonds. The third-order valence-electron chi connectivity index (χ3n) is 2.79. The molecule has 0 saturated heterocycles. The molecule has 0 heterocycles. The fourth-order valence-electron chi connectivity index (χ4n) is 1.73. The van der Waals surface area contributed by atoms with Gasteiger partial charge in [-0.1, -0.05) is 18.2 Å². The largest absolute Gasteiger partial charge is 0.240 e. The van der Waals surface area contributed by atoms with Gasteiger partial charge in [0.05, 0.1) is 4.90 Å². The Labute approximate surface area is 101 Å². The molecule has 1 aromatic carbocycles. The molecule has 1 N–H and O–H groups in total. The van der Waals surface area contributed by atoms with Crippen molar-refractivity contribution < 1.29 is 8.42 Å². The number of hydrogen-bond donors (Lipinski definition) is 1. The molecular formula is C11H14ClNO2S. The van der Waals surface area contributed by atoms with Crippen molar-refractivity contribution in [3.63, 3.8) is 0 Å². The Morgan fingerprint density at radius 2 is 1.88 bits per heavy atom. The highest BCUT2D eigenvalue weighted by molar-refractivity contribution is 7.89. The molecule has 2 rings (SSSR count). The zero-order valence-corrected chi connectivity index (χ0v) is 10.3. The van der Waals surface area contributed by atoms with Gasteiger partial charge in [-0.05, 0) is 30.9 Å². The highest BCUT2D eigenvalue weighted by Gasteiger charge is 2.28. The SMILES string of the molecule is O=S(=O)(NCC1CC(Cl)C1)c1ccccc1. The van der Waals surface area contributed by atoms with Crippen molar-refractivity contribution in [2.75, 3.05) is 6.54 Å². The minimum Gasteiger partial charge on any atom is -0.211 e. The number of hydrogen-bond acceptors (Lipinski definition) is 2. The fraction of sp³-hybridized carbons (Fsp3) is 0.455. The molecule has 1 aliphatic carbocycles. The van der Waals surface area contributed by atoms with Crippen LogP contribution in [-0.2, 0) is 10.0 Å². The normalized spacial score (nSPS) is 25.1. The van der Waals surface area contributed by atoms with Crippen molar-refractivity contribution in [1.29, 1.82) is 0 Å². The summed E-state index contributed by atoms with van der Waals surface area (Å²) in [6, 6.07) is 8.41. The molecule has 88 valence electrons. The van der Waals surface area contributed by atoms with Gasteiger partial charge in [-0.2, -0.15) is 0 Å². The summed E-state index contributed by atoms with van der Waals surface area (Å²) in [4.78, 5) is 0.316. The Kier molecular flexibility index (Phi) is 3.52. The van der Waals surface area contributed by atoms with Gasteiger partial charge in [0.15, 0.2) is 0 Å². The summed E-state index contributed by atoms with van der Waals surface area (Å²) in [5.41, 5.74) is 0. The van der Waals surface area contributed by atoms with Gasteiger partial charge in [0.25, 0.3) is 0 Å². The molecule has 16 heavy (non-hydrogen) atoms. The van der Waals surface area contributed by atoms with E-state index in [9.17, 15) is 8.42 Å². The summed E-state index contributed by atoms with van der Waals surface area (Å²) in [7, 11) is -3.34. The van der Waals surface area contributed by atoms with E-state index < -0.39 is 10.0 Å². The van der Waals surface area contributed by atoms with E-state index >= 15 is 0 Å². The molecule has 0 unspecified atom stereocenters. The Morgan fingerprint density at radius 3 is 2.44 bits per heavy atom. The molecule has 0 radical (unpaired) electrons. The minimum atomic E-state index is -3.34. The first kappa shape index (κ1) is 11.9. The van der Waals surface area contributed by atoms with Gasteiger partial charge in [0, 0.05) is 11.9 Å². The first-order valence-corrected chi connectivity index (χ1v) is 7.18. The van der Waals surface area contributed by atoms with Crippen LogP contribution in [0.15, 0.2) is 35.2 Å². The molecule has 0 atom stereocenters. The van der Waals surface area contributed by atoms with Crippen molar-refractivity contribution in [3.8, 4) is 0 Å². The van der Waals surface area contributed by atoms with E-state index in [1.807, 2.05) is 0 Å². The Bertz CT molecular complexity index is 440. The molecule has 1 fully saturated rings. The molecule has 0 aliphatic heterocycles. The average molecular weight is 260 g/mol. The van der Waals surface area contributed by atoms with Crippen LogP contribution in [0.25, 0.3) is 0 Å². The minimum absolute atomic E-state index is 0.228. The first-order chi connectivity index (χ1) is 7.58. The molecule has 0 bridgehead atoms. The number of halogens is 1. The van der Waals surface area contributed by atoms with Crippen LogP contribution in [0.3, 0.4) is 0 Å². The maximum absolute atomic E-state index is 11.8. The third-order valence-corrected chi connectivity index (χ3v) is 4.59. The molecule has 1 aromatic rings. The first-order valence-electron chi connectivity index (χ1n) is 5.27. The van der Waals surface area contributed by atoms with Gasteiger partial charge in [-0.25, -0.2) is 13.1 Å². The van der Waals surface area contributed by atoms with Crippen molar-refractivity contribution in [2.24, 2.45) is 5.92 Å². The number of alkyl halides is 1. The summed E-state index contributed by atoms with van der Waals surface area (Å²) in [6.45, 7) is 0.487. The molecule has 1 saturated carbocycles. The van der Waals surface area contributed by atoms with Gasteiger partial charge in [0.1, 0.15) is 0 Å². The fourth-order valence-corrected chi connectivity index (χ4v) is 3.37. The lowest BCUT2D eigenvalue weighted by atomic mass is 9.85. The average Bonchev–Trinajstić information content (AvgIpc) is 2.24. The zero-order valence-electron chi connectivity index (χ0n) is 8.77. The molecular weight excluding hydrogens is 246 g/mol. The van der Waals surface area contributed by atoms with Crippen LogP contribution in [0, 0.1) is 5.92 Å². The number of nitrogens with one attached hydrogen (secondary N) is 1. The van der Waals surface area contributed by atoms with Gasteiger partial charge in [0.2, 0.25) is 10.0 Å². The lowest BCUT2D eigenvalue weighted by Crippen LogP contribution is -2.36. The second-order valence-electron chi connectivity index (χ2n) is 4.10. The van der Waals surface area contributed by atoms with E-state index in [2.05, 4.69) is 4.72 Å². The molecule has 5 heteroatoms. The number of sulfonamides is 1. The Hall–Kier alpha value is -0.580. The van der Waals surface area contributed by atoms with E-state index in [0.29, 0.717) is 17.4 Å². The molecule has 0 aromatic heterocycles. The second kappa shape index (κ2) is 4.73. The summed E-state index contributed by atoms with van der Waals surface area (Å²) in [6.07, 6.45) is 1.80. The molecule has 3 nitrogen and oxygen atoms in total. The van der Waals surface area contributed by atoms with E-state index in [0.717, 1.165) is 12.8 Å². The monoisotopic (exact) mass is 259 g/mol.